The maximum Gasteiger partial charge on any atom is 0.302 e. The third-order valence-corrected chi connectivity index (χ3v) is 7.37. The van der Waals surface area contributed by atoms with Crippen LogP contribution < -0.4 is 0 Å². The Labute approximate surface area is 161 Å². The molecular formula is C20H28O6S. The third kappa shape index (κ3) is 3.51. The molecule has 4 rings (SSSR count). The highest BCUT2D eigenvalue weighted by Crippen LogP contribution is 2.57. The van der Waals surface area contributed by atoms with Gasteiger partial charge in [-0.3, -0.25) is 22.6 Å². The summed E-state index contributed by atoms with van der Waals surface area (Å²) < 4.78 is 38.2. The number of rotatable bonds is 3. The first kappa shape index (κ1) is 19.2. The molecule has 3 N–H and O–H groups in total. The first-order valence-electron chi connectivity index (χ1n) is 9.67. The van der Waals surface area contributed by atoms with E-state index in [1.807, 2.05) is 0 Å². The van der Waals surface area contributed by atoms with E-state index in [-0.39, 0.29) is 23.6 Å². The number of fused-ring (bicyclic) bond motifs is 5. The third-order valence-electron chi connectivity index (χ3n) is 6.84. The summed E-state index contributed by atoms with van der Waals surface area (Å²) in [4.78, 5) is 11.5. The molecule has 150 valence electrons. The summed E-state index contributed by atoms with van der Waals surface area (Å²) in [5.41, 5.74) is 5.35. The maximum atomic E-state index is 11.5. The molecule has 7 heteroatoms. The molecule has 4 atom stereocenters. The van der Waals surface area contributed by atoms with Crippen LogP contribution in [0.2, 0.25) is 0 Å². The molecule has 6 nitrogen and oxygen atoms in total. The Morgan fingerprint density at radius 1 is 1.15 bits per heavy atom. The molecule has 0 aromatic heterocycles. The van der Waals surface area contributed by atoms with E-state index in [4.69, 9.17) is 22.6 Å². The van der Waals surface area contributed by atoms with Crippen molar-refractivity contribution >= 4 is 17.1 Å². The smallest absolute Gasteiger partial charge is 0.302 e. The van der Waals surface area contributed by atoms with Gasteiger partial charge in [0.05, 0.1) is 6.10 Å². The summed E-state index contributed by atoms with van der Waals surface area (Å²) in [7, 11) is 0. The number of benzene rings is 1. The van der Waals surface area contributed by atoms with Gasteiger partial charge in [0.2, 0.25) is 11.2 Å². The summed E-state index contributed by atoms with van der Waals surface area (Å²) in [5.74, 6) is 0.216. The van der Waals surface area contributed by atoms with Crippen LogP contribution >= 0.6 is 11.2 Å². The van der Waals surface area contributed by atoms with Crippen molar-refractivity contribution in [3.05, 3.63) is 34.4 Å². The maximum absolute atomic E-state index is 11.5. The van der Waals surface area contributed by atoms with E-state index in [1.165, 1.54) is 29.2 Å². The molecule has 0 saturated heterocycles. The minimum absolute atomic E-state index is 0.000841. The summed E-state index contributed by atoms with van der Waals surface area (Å²) in [6, 6.07) is 4.32. The Hall–Kier alpha value is -1.12. The van der Waals surface area contributed by atoms with Crippen molar-refractivity contribution in [3.8, 4) is 0 Å². The molecule has 0 spiro atoms. The van der Waals surface area contributed by atoms with Crippen LogP contribution in [0.5, 0.6) is 0 Å². The monoisotopic (exact) mass is 396 g/mol. The van der Waals surface area contributed by atoms with Crippen molar-refractivity contribution in [3.63, 3.8) is 0 Å². The lowest BCUT2D eigenvalue weighted by molar-refractivity contribution is -0.152. The van der Waals surface area contributed by atoms with Gasteiger partial charge in [0.15, 0.2) is 0 Å². The molecule has 3 aliphatic rings. The predicted molar refractivity (Wildman–Crippen MR) is 103 cm³/mol. The molecule has 27 heavy (non-hydrogen) atoms. The topological polar surface area (TPSA) is 96.2 Å². The number of ether oxygens (including phenoxy) is 1. The lowest BCUT2D eigenvalue weighted by atomic mass is 9.64. The van der Waals surface area contributed by atoms with Gasteiger partial charge in [-0.15, -0.1) is 0 Å². The van der Waals surface area contributed by atoms with E-state index >= 15 is 0 Å². The fraction of sp³-hybridized carbons (Fsp3) is 0.650. The Kier molecular flexibility index (Phi) is 4.79. The number of carbonyl (C=O) groups excluding carboxylic acids is 1. The molecule has 0 bridgehead atoms. The van der Waals surface area contributed by atoms with Gasteiger partial charge in [-0.1, -0.05) is 19.1 Å². The summed E-state index contributed by atoms with van der Waals surface area (Å²) in [6.45, 7) is 3.75. The van der Waals surface area contributed by atoms with Crippen LogP contribution in [0.25, 0.3) is 0 Å². The molecular weight excluding hydrogens is 368 g/mol. The molecule has 1 fully saturated rings. The van der Waals surface area contributed by atoms with Crippen molar-refractivity contribution in [1.82, 2.24) is 0 Å². The zero-order valence-corrected chi connectivity index (χ0v) is 16.6. The van der Waals surface area contributed by atoms with E-state index in [9.17, 15) is 4.79 Å². The Morgan fingerprint density at radius 2 is 1.93 bits per heavy atom. The molecule has 0 radical (unpaired) electrons. The quantitative estimate of drug-likeness (QED) is 0.653. The Morgan fingerprint density at radius 3 is 2.63 bits per heavy atom. The van der Waals surface area contributed by atoms with Gasteiger partial charge in [0.25, 0.3) is 0 Å². The van der Waals surface area contributed by atoms with Crippen LogP contribution in [-0.4, -0.2) is 31.8 Å². The van der Waals surface area contributed by atoms with Crippen LogP contribution in [0.1, 0.15) is 67.7 Å². The van der Waals surface area contributed by atoms with Gasteiger partial charge in [-0.25, -0.2) is 0 Å². The predicted octanol–water partition coefficient (Wildman–Crippen LogP) is 4.46. The summed E-state index contributed by atoms with van der Waals surface area (Å²) in [6.07, 6.45) is 5.62. The second-order valence-corrected chi connectivity index (χ2v) is 9.56. The standard InChI is InChI=1S/C20H28O6S/c1-12(21)25-19-8-7-18-17-5-3-13-11-14(26-27(22,23)24)4-6-15(13)16(17)9-10-20(18,19)2/h3,5,14,18-19,22-24H,4,6-11H2,1-2H3/t14-,18?,19-,20?/m0/s1. The molecule has 3 aliphatic carbocycles. The minimum Gasteiger partial charge on any atom is -0.462 e. The Balaban J connectivity index is 1.60. The summed E-state index contributed by atoms with van der Waals surface area (Å²) in [5, 5.41) is 0. The minimum atomic E-state index is -3.92. The molecule has 1 aromatic rings. The van der Waals surface area contributed by atoms with E-state index < -0.39 is 11.2 Å². The highest BCUT2D eigenvalue weighted by atomic mass is 32.3. The van der Waals surface area contributed by atoms with Gasteiger partial charge in [-0.2, -0.15) is 0 Å². The van der Waals surface area contributed by atoms with Crippen LogP contribution in [0, 0.1) is 5.41 Å². The molecule has 0 aliphatic heterocycles. The highest BCUT2D eigenvalue weighted by Gasteiger charge is 2.51. The van der Waals surface area contributed by atoms with Gasteiger partial charge < -0.3 is 4.74 Å². The van der Waals surface area contributed by atoms with Gasteiger partial charge in [-0.05, 0) is 66.7 Å². The SMILES string of the molecule is CC(=O)O[C@H]1CCC2c3ccc4c(c3CCC21C)CC[C@H](OS(O)(O)O)C4. The van der Waals surface area contributed by atoms with E-state index in [2.05, 4.69) is 19.1 Å². The van der Waals surface area contributed by atoms with Crippen LogP contribution in [0.15, 0.2) is 12.1 Å². The first-order valence-corrected chi connectivity index (χ1v) is 11.1. The van der Waals surface area contributed by atoms with Gasteiger partial charge >= 0.3 is 5.97 Å². The van der Waals surface area contributed by atoms with Crippen molar-refractivity contribution in [1.29, 1.82) is 0 Å². The molecule has 1 saturated carbocycles. The average Bonchev–Trinajstić information content (AvgIpc) is 2.89. The zero-order chi connectivity index (χ0) is 19.4. The second kappa shape index (κ2) is 6.74. The second-order valence-electron chi connectivity index (χ2n) is 8.43. The van der Waals surface area contributed by atoms with E-state index in [0.29, 0.717) is 18.8 Å². The number of hydrogen-bond donors (Lipinski definition) is 3. The Bertz CT molecular complexity index is 758. The average molecular weight is 397 g/mol. The largest absolute Gasteiger partial charge is 0.462 e. The van der Waals surface area contributed by atoms with Crippen molar-refractivity contribution in [2.24, 2.45) is 5.41 Å². The van der Waals surface area contributed by atoms with Crippen molar-refractivity contribution < 1.29 is 27.4 Å². The lowest BCUT2D eigenvalue weighted by Gasteiger charge is -2.42. The van der Waals surface area contributed by atoms with Crippen LogP contribution in [0.3, 0.4) is 0 Å². The lowest BCUT2D eigenvalue weighted by Crippen LogP contribution is -2.38. The van der Waals surface area contributed by atoms with Gasteiger partial charge in [0.1, 0.15) is 6.10 Å². The molecule has 1 aromatic carbocycles. The fourth-order valence-electron chi connectivity index (χ4n) is 5.64. The number of esters is 1. The van der Waals surface area contributed by atoms with Gasteiger partial charge in [0, 0.05) is 18.8 Å². The highest BCUT2D eigenvalue weighted by molar-refractivity contribution is 8.15. The normalized spacial score (nSPS) is 33.0. The van der Waals surface area contributed by atoms with Crippen LogP contribution in [-0.2, 0) is 33.0 Å². The van der Waals surface area contributed by atoms with E-state index in [1.54, 1.807) is 0 Å². The fourth-order valence-corrected chi connectivity index (χ4v) is 6.17. The molecule has 2 unspecified atom stereocenters. The zero-order valence-electron chi connectivity index (χ0n) is 15.8. The van der Waals surface area contributed by atoms with Crippen LogP contribution in [0.4, 0.5) is 0 Å². The van der Waals surface area contributed by atoms with E-state index in [0.717, 1.165) is 32.1 Å². The van der Waals surface area contributed by atoms with Crippen molar-refractivity contribution in [2.45, 2.75) is 76.9 Å². The summed E-state index contributed by atoms with van der Waals surface area (Å²) >= 11 is -3.92. The number of carbonyl (C=O) groups is 1. The molecule has 0 heterocycles. The molecule has 0 amide bonds. The number of hydrogen-bond acceptors (Lipinski definition) is 6. The van der Waals surface area contributed by atoms with Crippen molar-refractivity contribution in [2.75, 3.05) is 0 Å². The first-order chi connectivity index (χ1) is 12.7.